The zero-order valence-corrected chi connectivity index (χ0v) is 17.6. The minimum absolute atomic E-state index is 0.298. The SMILES string of the molecule is COC(=O)C1=NN(c2ccc(C)cc2)[C@]2(C)CC(c3ccccc3)[NH+](C)CCN12. The Morgan fingerprint density at radius 3 is 2.52 bits per heavy atom. The summed E-state index contributed by atoms with van der Waals surface area (Å²) in [5.41, 5.74) is 3.02. The van der Waals surface area contributed by atoms with Gasteiger partial charge in [-0.25, -0.2) is 9.80 Å². The molecule has 2 unspecified atom stereocenters. The summed E-state index contributed by atoms with van der Waals surface area (Å²) in [6.07, 6.45) is 0.834. The molecule has 2 heterocycles. The van der Waals surface area contributed by atoms with Gasteiger partial charge in [-0.15, -0.1) is 5.10 Å². The van der Waals surface area contributed by atoms with Crippen LogP contribution in [0.15, 0.2) is 59.7 Å². The molecule has 0 aliphatic carbocycles. The van der Waals surface area contributed by atoms with Crippen LogP contribution in [0.4, 0.5) is 5.69 Å². The van der Waals surface area contributed by atoms with Crippen LogP contribution >= 0.6 is 0 Å². The van der Waals surface area contributed by atoms with Gasteiger partial charge in [0.1, 0.15) is 11.7 Å². The number of hydrazone groups is 1. The van der Waals surface area contributed by atoms with E-state index in [4.69, 9.17) is 9.84 Å². The van der Waals surface area contributed by atoms with Crippen molar-refractivity contribution in [1.82, 2.24) is 4.90 Å². The highest BCUT2D eigenvalue weighted by Crippen LogP contribution is 2.39. The molecule has 152 valence electrons. The first-order valence-corrected chi connectivity index (χ1v) is 10.1. The number of hydrogen-bond donors (Lipinski definition) is 1. The number of methoxy groups -OCH3 is 1. The molecule has 0 bridgehead atoms. The van der Waals surface area contributed by atoms with Gasteiger partial charge in [-0.2, -0.15) is 0 Å². The van der Waals surface area contributed by atoms with E-state index < -0.39 is 5.66 Å². The second-order valence-electron chi connectivity index (χ2n) is 8.19. The third kappa shape index (κ3) is 3.38. The number of nitrogens with zero attached hydrogens (tertiary/aromatic N) is 3. The number of benzene rings is 2. The topological polar surface area (TPSA) is 49.6 Å². The lowest BCUT2D eigenvalue weighted by Crippen LogP contribution is -3.09. The fourth-order valence-electron chi connectivity index (χ4n) is 4.52. The second-order valence-corrected chi connectivity index (χ2v) is 8.19. The van der Waals surface area contributed by atoms with Crippen molar-refractivity contribution in [1.29, 1.82) is 0 Å². The van der Waals surface area contributed by atoms with E-state index in [1.807, 2.05) is 5.01 Å². The first-order valence-electron chi connectivity index (χ1n) is 10.1. The number of carbonyl (C=O) groups excluding carboxylic acids is 1. The van der Waals surface area contributed by atoms with Crippen molar-refractivity contribution in [2.24, 2.45) is 5.10 Å². The first kappa shape index (κ1) is 19.5. The summed E-state index contributed by atoms with van der Waals surface area (Å²) < 4.78 is 5.07. The molecule has 1 fully saturated rings. The minimum atomic E-state index is -0.461. The van der Waals surface area contributed by atoms with Crippen molar-refractivity contribution >= 4 is 17.5 Å². The van der Waals surface area contributed by atoms with E-state index in [2.05, 4.69) is 80.4 Å². The highest BCUT2D eigenvalue weighted by molar-refractivity contribution is 6.36. The van der Waals surface area contributed by atoms with Crippen molar-refractivity contribution in [3.63, 3.8) is 0 Å². The zero-order chi connectivity index (χ0) is 20.6. The summed E-state index contributed by atoms with van der Waals surface area (Å²) in [6.45, 7) is 5.90. The fourth-order valence-corrected chi connectivity index (χ4v) is 4.52. The number of fused-ring (bicyclic) bond motifs is 1. The maximum Gasteiger partial charge on any atom is 0.375 e. The predicted octanol–water partition coefficient (Wildman–Crippen LogP) is 1.98. The number of carbonyl (C=O) groups is 1. The van der Waals surface area contributed by atoms with Crippen LogP contribution in [0.2, 0.25) is 0 Å². The Morgan fingerprint density at radius 2 is 1.86 bits per heavy atom. The number of rotatable bonds is 3. The molecule has 0 spiro atoms. The molecule has 1 N–H and O–H groups in total. The van der Waals surface area contributed by atoms with Crippen molar-refractivity contribution < 1.29 is 14.4 Å². The molecule has 4 rings (SSSR count). The number of anilines is 1. The Morgan fingerprint density at radius 1 is 1.17 bits per heavy atom. The van der Waals surface area contributed by atoms with E-state index in [-0.39, 0.29) is 5.97 Å². The molecule has 29 heavy (non-hydrogen) atoms. The molecule has 2 aromatic carbocycles. The highest BCUT2D eigenvalue weighted by atomic mass is 16.5. The van der Waals surface area contributed by atoms with Gasteiger partial charge >= 0.3 is 5.97 Å². The van der Waals surface area contributed by atoms with Crippen molar-refractivity contribution in [3.05, 3.63) is 65.7 Å². The molecule has 0 amide bonds. The monoisotopic (exact) mass is 393 g/mol. The standard InChI is InChI=1S/C23H28N4O2/c1-17-10-12-19(13-11-17)27-23(2)16-20(18-8-6-5-7-9-18)25(3)14-15-26(23)21(24-27)22(28)29-4/h5-13,20H,14-16H2,1-4H3/p+1/t20?,23-/m1/s1. The van der Waals surface area contributed by atoms with Crippen LogP contribution in [-0.2, 0) is 9.53 Å². The van der Waals surface area contributed by atoms with Gasteiger partial charge in [0.15, 0.2) is 0 Å². The average molecular weight is 394 g/mol. The smallest absolute Gasteiger partial charge is 0.375 e. The molecule has 2 aliphatic heterocycles. The van der Waals surface area contributed by atoms with Gasteiger partial charge in [-0.1, -0.05) is 48.0 Å². The van der Waals surface area contributed by atoms with Gasteiger partial charge < -0.3 is 14.5 Å². The van der Waals surface area contributed by atoms with E-state index in [0.717, 1.165) is 25.2 Å². The van der Waals surface area contributed by atoms with Gasteiger partial charge in [-0.3, -0.25) is 0 Å². The van der Waals surface area contributed by atoms with Gasteiger partial charge in [0, 0.05) is 12.0 Å². The van der Waals surface area contributed by atoms with E-state index in [1.54, 1.807) is 0 Å². The summed E-state index contributed by atoms with van der Waals surface area (Å²) in [4.78, 5) is 16.1. The fraction of sp³-hybridized carbons (Fsp3) is 0.391. The lowest BCUT2D eigenvalue weighted by molar-refractivity contribution is -0.910. The summed E-state index contributed by atoms with van der Waals surface area (Å²) in [6, 6.07) is 19.2. The zero-order valence-electron chi connectivity index (χ0n) is 17.6. The van der Waals surface area contributed by atoms with E-state index in [1.165, 1.54) is 23.1 Å². The number of hydrogen-bond acceptors (Lipinski definition) is 5. The Kier molecular flexibility index (Phi) is 5.04. The molecular weight excluding hydrogens is 364 g/mol. The molecule has 3 atom stereocenters. The maximum absolute atomic E-state index is 12.6. The van der Waals surface area contributed by atoms with Crippen LogP contribution in [0.5, 0.6) is 0 Å². The lowest BCUT2D eigenvalue weighted by atomic mass is 9.94. The Labute approximate surface area is 172 Å². The molecule has 2 aliphatic rings. The molecule has 0 aromatic heterocycles. The van der Waals surface area contributed by atoms with Crippen molar-refractivity contribution in [3.8, 4) is 0 Å². The van der Waals surface area contributed by atoms with Crippen LogP contribution in [0, 0.1) is 6.92 Å². The highest BCUT2D eigenvalue weighted by Gasteiger charge is 2.52. The van der Waals surface area contributed by atoms with Gasteiger partial charge in [-0.05, 0) is 26.0 Å². The minimum Gasteiger partial charge on any atom is -0.463 e. The normalized spacial score (nSPS) is 26.6. The van der Waals surface area contributed by atoms with E-state index in [0.29, 0.717) is 11.9 Å². The Bertz CT molecular complexity index is 912. The number of nitrogens with one attached hydrogen (secondary N) is 1. The quantitative estimate of drug-likeness (QED) is 0.811. The summed E-state index contributed by atoms with van der Waals surface area (Å²) in [5.74, 6) is -0.00117. The number of amidine groups is 1. The van der Waals surface area contributed by atoms with Crippen LogP contribution in [0.3, 0.4) is 0 Å². The summed E-state index contributed by atoms with van der Waals surface area (Å²) in [5, 5.41) is 6.77. The molecular formula is C23H29N4O2+. The summed E-state index contributed by atoms with van der Waals surface area (Å²) in [7, 11) is 3.65. The number of ether oxygens (including phenoxy) is 1. The van der Waals surface area contributed by atoms with Crippen LogP contribution in [0.1, 0.15) is 30.5 Å². The number of quaternary nitrogens is 1. The molecule has 0 radical (unpaired) electrons. The molecule has 2 aromatic rings. The molecule has 1 saturated heterocycles. The third-order valence-electron chi connectivity index (χ3n) is 6.25. The average Bonchev–Trinajstić information content (AvgIpc) is 2.95. The lowest BCUT2D eigenvalue weighted by Gasteiger charge is -2.40. The van der Waals surface area contributed by atoms with Crippen molar-refractivity contribution in [2.45, 2.75) is 32.0 Å². The Hall–Kier alpha value is -2.86. The molecule has 6 nitrogen and oxygen atoms in total. The van der Waals surface area contributed by atoms with Crippen LogP contribution in [0.25, 0.3) is 0 Å². The summed E-state index contributed by atoms with van der Waals surface area (Å²) >= 11 is 0. The second kappa shape index (κ2) is 7.52. The van der Waals surface area contributed by atoms with Gasteiger partial charge in [0.05, 0.1) is 32.9 Å². The van der Waals surface area contributed by atoms with Crippen molar-refractivity contribution in [2.75, 3.05) is 32.3 Å². The maximum atomic E-state index is 12.6. The predicted molar refractivity (Wildman–Crippen MR) is 114 cm³/mol. The molecule has 6 heteroatoms. The number of likely N-dealkylation sites (N-methyl/N-ethyl adjacent to an activating group) is 1. The van der Waals surface area contributed by atoms with E-state index in [9.17, 15) is 4.79 Å². The van der Waals surface area contributed by atoms with Gasteiger partial charge in [0.2, 0.25) is 5.84 Å². The Balaban J connectivity index is 1.79. The first-order chi connectivity index (χ1) is 13.9. The van der Waals surface area contributed by atoms with Crippen LogP contribution < -0.4 is 9.91 Å². The van der Waals surface area contributed by atoms with Gasteiger partial charge in [0.25, 0.3) is 0 Å². The number of aryl methyl sites for hydroxylation is 1. The van der Waals surface area contributed by atoms with E-state index >= 15 is 0 Å². The molecule has 0 saturated carbocycles. The number of esters is 1. The largest absolute Gasteiger partial charge is 0.463 e. The van der Waals surface area contributed by atoms with Crippen LogP contribution in [-0.4, -0.2) is 49.6 Å². The third-order valence-corrected chi connectivity index (χ3v) is 6.25.